The first-order valence-corrected chi connectivity index (χ1v) is 11.1. The minimum atomic E-state index is -1.63. The topological polar surface area (TPSA) is 128 Å². The molecular weight excluding hydrogens is 533 g/mol. The number of thioether (sulfide) groups is 1. The molecule has 2 aromatic heterocycles. The van der Waals surface area contributed by atoms with Gasteiger partial charge in [-0.1, -0.05) is 17.0 Å². The Morgan fingerprint density at radius 3 is 2.48 bits per heavy atom. The number of hydrogen-bond acceptors (Lipinski definition) is 8. The highest BCUT2D eigenvalue weighted by molar-refractivity contribution is 9.10. The first-order valence-electron chi connectivity index (χ1n) is 9.43. The highest BCUT2D eigenvalue weighted by Gasteiger charge is 2.46. The van der Waals surface area contributed by atoms with E-state index in [0.29, 0.717) is 14.1 Å². The zero-order chi connectivity index (χ0) is 23.9. The number of hydrogen-bond donors (Lipinski definition) is 3. The fourth-order valence-corrected chi connectivity index (χ4v) is 5.16. The molecule has 5 atom stereocenters. The first-order chi connectivity index (χ1) is 15.7. The molecule has 176 valence electrons. The van der Waals surface area contributed by atoms with Gasteiger partial charge in [-0.15, -0.1) is 5.10 Å². The van der Waals surface area contributed by atoms with E-state index in [1.807, 2.05) is 0 Å². The monoisotopic (exact) mass is 548 g/mol. The van der Waals surface area contributed by atoms with E-state index in [-0.39, 0.29) is 11.3 Å². The largest absolute Gasteiger partial charge is 0.619 e. The summed E-state index contributed by atoms with van der Waals surface area (Å²) < 4.78 is 48.2. The highest BCUT2D eigenvalue weighted by Crippen LogP contribution is 2.38. The number of aromatic nitrogens is 4. The van der Waals surface area contributed by atoms with Gasteiger partial charge in [0.15, 0.2) is 29.8 Å². The van der Waals surface area contributed by atoms with Crippen molar-refractivity contribution in [2.75, 3.05) is 6.61 Å². The molecule has 14 heteroatoms. The maximum Gasteiger partial charge on any atom is 0.194 e. The fraction of sp³-hybridized carbons (Fsp3) is 0.316. The van der Waals surface area contributed by atoms with Gasteiger partial charge in [-0.25, -0.2) is 17.9 Å². The molecule has 1 fully saturated rings. The normalized spacial score (nSPS) is 25.4. The van der Waals surface area contributed by atoms with Crippen LogP contribution in [0.15, 0.2) is 46.2 Å². The van der Waals surface area contributed by atoms with Crippen molar-refractivity contribution in [1.82, 2.24) is 15.0 Å². The van der Waals surface area contributed by atoms with E-state index >= 15 is 0 Å². The van der Waals surface area contributed by atoms with Crippen molar-refractivity contribution in [3.8, 4) is 11.3 Å². The van der Waals surface area contributed by atoms with E-state index in [1.165, 1.54) is 18.6 Å². The van der Waals surface area contributed by atoms with E-state index < -0.39 is 53.8 Å². The number of ether oxygens (including phenoxy) is 1. The molecule has 0 spiro atoms. The van der Waals surface area contributed by atoms with Crippen molar-refractivity contribution in [3.05, 3.63) is 63.9 Å². The Labute approximate surface area is 197 Å². The smallest absolute Gasteiger partial charge is 0.194 e. The van der Waals surface area contributed by atoms with Crippen molar-refractivity contribution in [2.45, 2.75) is 34.7 Å². The number of rotatable bonds is 5. The van der Waals surface area contributed by atoms with Crippen LogP contribution in [-0.2, 0) is 4.74 Å². The molecule has 0 unspecified atom stereocenters. The fourth-order valence-electron chi connectivity index (χ4n) is 3.43. The average molecular weight is 549 g/mol. The lowest BCUT2D eigenvalue weighted by Crippen LogP contribution is -2.55. The van der Waals surface area contributed by atoms with Gasteiger partial charge in [0.1, 0.15) is 35.5 Å². The Hall–Kier alpha value is -2.23. The van der Waals surface area contributed by atoms with Gasteiger partial charge in [0.25, 0.3) is 0 Å². The van der Waals surface area contributed by atoms with Gasteiger partial charge >= 0.3 is 0 Å². The minimum absolute atomic E-state index is 0.0390. The summed E-state index contributed by atoms with van der Waals surface area (Å²) in [4.78, 5) is 0.437. The van der Waals surface area contributed by atoms with Crippen LogP contribution in [0.25, 0.3) is 11.3 Å². The maximum absolute atomic E-state index is 13.6. The predicted octanol–water partition coefficient (Wildman–Crippen LogP) is 1.53. The number of nitrogens with zero attached hydrogens (tertiary/aromatic N) is 4. The van der Waals surface area contributed by atoms with Crippen LogP contribution < -0.4 is 4.73 Å². The van der Waals surface area contributed by atoms with Crippen LogP contribution in [0.5, 0.6) is 0 Å². The molecule has 1 aliphatic rings. The van der Waals surface area contributed by atoms with Crippen LogP contribution in [0.4, 0.5) is 13.2 Å². The maximum atomic E-state index is 13.6. The van der Waals surface area contributed by atoms with Crippen molar-refractivity contribution in [3.63, 3.8) is 0 Å². The van der Waals surface area contributed by atoms with Crippen LogP contribution in [0.1, 0.15) is 6.04 Å². The summed E-state index contributed by atoms with van der Waals surface area (Å²) in [6, 6.07) is 1.93. The lowest BCUT2D eigenvalue weighted by Gasteiger charge is -2.41. The number of aliphatic hydroxyl groups excluding tert-OH is 3. The summed E-state index contributed by atoms with van der Waals surface area (Å²) in [5, 5.41) is 50.6. The van der Waals surface area contributed by atoms with Gasteiger partial charge in [0.05, 0.1) is 22.2 Å². The third-order valence-corrected chi connectivity index (χ3v) is 6.53. The van der Waals surface area contributed by atoms with Crippen molar-refractivity contribution >= 4 is 27.7 Å². The molecule has 0 saturated carbocycles. The van der Waals surface area contributed by atoms with E-state index in [2.05, 4.69) is 26.2 Å². The average Bonchev–Trinajstić information content (AvgIpc) is 3.23. The Morgan fingerprint density at radius 2 is 1.85 bits per heavy atom. The van der Waals surface area contributed by atoms with E-state index in [1.54, 1.807) is 6.07 Å². The van der Waals surface area contributed by atoms with Gasteiger partial charge < -0.3 is 25.3 Å². The molecule has 0 aliphatic carbocycles. The molecular formula is C19H16BrF3N4O5S. The number of halogens is 4. The number of aliphatic hydroxyl groups is 3. The van der Waals surface area contributed by atoms with Gasteiger partial charge in [-0.2, -0.15) is 4.73 Å². The second kappa shape index (κ2) is 9.56. The van der Waals surface area contributed by atoms with E-state index in [9.17, 15) is 33.7 Å². The van der Waals surface area contributed by atoms with Gasteiger partial charge in [0.2, 0.25) is 0 Å². The Bertz CT molecular complexity index is 1130. The second-order valence-corrected chi connectivity index (χ2v) is 9.29. The van der Waals surface area contributed by atoms with Crippen LogP contribution in [0.2, 0.25) is 0 Å². The standard InChI is InChI=1S/C19H16BrF3N4O5S/c20-9-3-10(5-26(31)4-9)33-19-18(30)16(17(29)14(7-28)32-19)27-6-13(24-25-27)8-1-11(21)15(23)12(22)2-8/h1-6,14,16-19,28-30H,7H2/t14-,16+,17+,18-,19-/m1/s1. The van der Waals surface area contributed by atoms with Crippen molar-refractivity contribution < 1.29 is 38.0 Å². The van der Waals surface area contributed by atoms with Gasteiger partial charge in [-0.05, 0) is 34.1 Å². The molecule has 3 N–H and O–H groups in total. The zero-order valence-electron chi connectivity index (χ0n) is 16.4. The molecule has 0 radical (unpaired) electrons. The summed E-state index contributed by atoms with van der Waals surface area (Å²) in [6.07, 6.45) is -0.187. The van der Waals surface area contributed by atoms with Crippen LogP contribution in [-0.4, -0.2) is 60.7 Å². The van der Waals surface area contributed by atoms with E-state index in [0.717, 1.165) is 28.6 Å². The Kier molecular flexibility index (Phi) is 6.93. The summed E-state index contributed by atoms with van der Waals surface area (Å²) in [5.74, 6) is -4.45. The molecule has 33 heavy (non-hydrogen) atoms. The van der Waals surface area contributed by atoms with Crippen LogP contribution in [0, 0.1) is 22.7 Å². The predicted molar refractivity (Wildman–Crippen MR) is 111 cm³/mol. The molecule has 0 bridgehead atoms. The lowest BCUT2D eigenvalue weighted by molar-refractivity contribution is -0.608. The van der Waals surface area contributed by atoms with Crippen LogP contribution >= 0.6 is 27.7 Å². The summed E-state index contributed by atoms with van der Waals surface area (Å²) in [6.45, 7) is -0.586. The number of pyridine rings is 1. The molecule has 3 aromatic rings. The van der Waals surface area contributed by atoms with E-state index in [4.69, 9.17) is 4.74 Å². The Morgan fingerprint density at radius 1 is 1.15 bits per heavy atom. The highest BCUT2D eigenvalue weighted by atomic mass is 79.9. The van der Waals surface area contributed by atoms with Gasteiger partial charge in [0, 0.05) is 5.56 Å². The third kappa shape index (κ3) is 4.85. The molecule has 1 aromatic carbocycles. The summed E-state index contributed by atoms with van der Waals surface area (Å²) in [7, 11) is 0. The lowest BCUT2D eigenvalue weighted by atomic mass is 9.97. The number of benzene rings is 1. The molecule has 4 rings (SSSR count). The summed E-state index contributed by atoms with van der Waals surface area (Å²) in [5.41, 5.74) is -1.17. The Balaban J connectivity index is 1.64. The first kappa shape index (κ1) is 23.9. The second-order valence-electron chi connectivity index (χ2n) is 7.20. The quantitative estimate of drug-likeness (QED) is 0.249. The third-order valence-electron chi connectivity index (χ3n) is 4.98. The SMILES string of the molecule is [O-][n+]1cc(Br)cc(S[C@H]2O[C@H](CO)[C@H](O)[C@H](n3cc(-c4cc(F)c(F)c(F)c4)nn3)[C@H]2O)c1. The molecule has 3 heterocycles. The summed E-state index contributed by atoms with van der Waals surface area (Å²) >= 11 is 4.18. The molecule has 1 aliphatic heterocycles. The molecule has 0 amide bonds. The van der Waals surface area contributed by atoms with Crippen molar-refractivity contribution in [1.29, 1.82) is 0 Å². The van der Waals surface area contributed by atoms with Crippen LogP contribution in [0.3, 0.4) is 0 Å². The van der Waals surface area contributed by atoms with Gasteiger partial charge in [-0.3, -0.25) is 0 Å². The zero-order valence-corrected chi connectivity index (χ0v) is 18.8. The van der Waals surface area contributed by atoms with Crippen molar-refractivity contribution in [2.24, 2.45) is 0 Å². The molecule has 9 nitrogen and oxygen atoms in total. The molecule has 1 saturated heterocycles. The minimum Gasteiger partial charge on any atom is -0.619 e.